The molecule has 2 aromatic rings. The first-order chi connectivity index (χ1) is 11.7. The van der Waals surface area contributed by atoms with Crippen LogP contribution in [0, 0.1) is 0 Å². The summed E-state index contributed by atoms with van der Waals surface area (Å²) >= 11 is 0. The number of urea groups is 1. The molecule has 1 aromatic heterocycles. The zero-order valence-electron chi connectivity index (χ0n) is 13.9. The van der Waals surface area contributed by atoms with Gasteiger partial charge in [0.15, 0.2) is 0 Å². The minimum atomic E-state index is -0.212. The minimum Gasteiger partial charge on any atom is -0.497 e. The Labute approximate surface area is 140 Å². The van der Waals surface area contributed by atoms with Crippen LogP contribution in [0.25, 0.3) is 10.9 Å². The number of carbonyl (C=O) groups excluding carboxylic acids is 1. The average molecular weight is 329 g/mol. The van der Waals surface area contributed by atoms with E-state index in [0.29, 0.717) is 11.3 Å². The quantitative estimate of drug-likeness (QED) is 0.806. The smallest absolute Gasteiger partial charge is 0.315 e. The maximum atomic E-state index is 12.2. The predicted octanol–water partition coefficient (Wildman–Crippen LogP) is 2.67. The number of nitrogens with one attached hydrogen (secondary N) is 3. The topological polar surface area (TPSA) is 83.2 Å². The van der Waals surface area contributed by atoms with E-state index in [-0.39, 0.29) is 24.2 Å². The molecule has 1 fully saturated rings. The van der Waals surface area contributed by atoms with Crippen LogP contribution in [-0.2, 0) is 6.54 Å². The molecule has 1 aromatic carbocycles. The van der Waals surface area contributed by atoms with Gasteiger partial charge in [-0.1, -0.05) is 19.3 Å². The Morgan fingerprint density at radius 2 is 2.04 bits per heavy atom. The lowest BCUT2D eigenvalue weighted by atomic mass is 9.96. The monoisotopic (exact) mass is 329 g/mol. The number of pyridine rings is 1. The van der Waals surface area contributed by atoms with Crippen molar-refractivity contribution in [2.75, 3.05) is 7.11 Å². The van der Waals surface area contributed by atoms with E-state index >= 15 is 0 Å². The third-order valence-corrected chi connectivity index (χ3v) is 4.51. The van der Waals surface area contributed by atoms with Crippen LogP contribution in [0.2, 0.25) is 0 Å². The highest BCUT2D eigenvalue weighted by atomic mass is 16.5. The maximum absolute atomic E-state index is 12.2. The Hall–Kier alpha value is -2.50. The average Bonchev–Trinajstić information content (AvgIpc) is 2.60. The van der Waals surface area contributed by atoms with Gasteiger partial charge in [0.25, 0.3) is 5.56 Å². The van der Waals surface area contributed by atoms with E-state index in [9.17, 15) is 9.59 Å². The number of hydrogen-bond donors (Lipinski definition) is 3. The van der Waals surface area contributed by atoms with Gasteiger partial charge < -0.3 is 20.4 Å². The van der Waals surface area contributed by atoms with Crippen LogP contribution in [0.5, 0.6) is 5.75 Å². The number of H-pyrrole nitrogens is 1. The van der Waals surface area contributed by atoms with Gasteiger partial charge in [-0.05, 0) is 36.4 Å². The number of carbonyl (C=O) groups is 1. The van der Waals surface area contributed by atoms with Crippen molar-refractivity contribution in [1.29, 1.82) is 0 Å². The predicted molar refractivity (Wildman–Crippen MR) is 93.4 cm³/mol. The van der Waals surface area contributed by atoms with E-state index < -0.39 is 0 Å². The molecule has 128 valence electrons. The number of hydrogen-bond acceptors (Lipinski definition) is 3. The van der Waals surface area contributed by atoms with Gasteiger partial charge in [-0.25, -0.2) is 4.79 Å². The van der Waals surface area contributed by atoms with Gasteiger partial charge in [-0.3, -0.25) is 4.79 Å². The molecule has 0 spiro atoms. The number of rotatable bonds is 4. The Morgan fingerprint density at radius 3 is 2.79 bits per heavy atom. The molecule has 3 N–H and O–H groups in total. The highest BCUT2D eigenvalue weighted by Crippen LogP contribution is 2.19. The van der Waals surface area contributed by atoms with E-state index in [0.717, 1.165) is 23.7 Å². The Kier molecular flexibility index (Phi) is 5.03. The Morgan fingerprint density at radius 1 is 1.25 bits per heavy atom. The molecule has 1 saturated carbocycles. The fraction of sp³-hybridized carbons (Fsp3) is 0.444. The van der Waals surface area contributed by atoms with Gasteiger partial charge in [0.2, 0.25) is 0 Å². The normalized spacial score (nSPS) is 15.2. The standard InChI is InChI=1S/C18H23N3O3/c1-24-15-8-7-12-9-13(17(22)21-16(12)10-15)11-19-18(23)20-14-5-3-2-4-6-14/h7-10,14H,2-6,11H2,1H3,(H,21,22)(H2,19,20,23). The molecule has 0 bridgehead atoms. The summed E-state index contributed by atoms with van der Waals surface area (Å²) in [6.07, 6.45) is 5.65. The molecule has 6 heteroatoms. The van der Waals surface area contributed by atoms with Crippen molar-refractivity contribution in [2.24, 2.45) is 0 Å². The Balaban J connectivity index is 1.65. The fourth-order valence-corrected chi connectivity index (χ4v) is 3.14. The zero-order chi connectivity index (χ0) is 16.9. The molecule has 0 saturated heterocycles. The third kappa shape index (κ3) is 3.88. The third-order valence-electron chi connectivity index (χ3n) is 4.51. The van der Waals surface area contributed by atoms with Crippen molar-refractivity contribution in [2.45, 2.75) is 44.7 Å². The SMILES string of the molecule is COc1ccc2cc(CNC(=O)NC3CCCCC3)c(=O)[nH]c2c1. The number of aromatic amines is 1. The van der Waals surface area contributed by atoms with E-state index in [1.165, 1.54) is 19.3 Å². The number of benzene rings is 1. The van der Waals surface area contributed by atoms with Gasteiger partial charge >= 0.3 is 6.03 Å². The second kappa shape index (κ2) is 7.38. The molecule has 1 aliphatic carbocycles. The van der Waals surface area contributed by atoms with Crippen LogP contribution in [-0.4, -0.2) is 24.2 Å². The molecule has 1 heterocycles. The summed E-state index contributed by atoms with van der Waals surface area (Å²) in [4.78, 5) is 27.0. The van der Waals surface area contributed by atoms with Crippen molar-refractivity contribution in [1.82, 2.24) is 15.6 Å². The van der Waals surface area contributed by atoms with E-state index in [1.54, 1.807) is 19.2 Å². The van der Waals surface area contributed by atoms with Crippen LogP contribution in [0.15, 0.2) is 29.1 Å². The van der Waals surface area contributed by atoms with Gasteiger partial charge in [0.05, 0.1) is 12.6 Å². The molecule has 24 heavy (non-hydrogen) atoms. The summed E-state index contributed by atoms with van der Waals surface area (Å²) in [5.41, 5.74) is 1.05. The molecular weight excluding hydrogens is 306 g/mol. The Bertz CT molecular complexity index is 779. The maximum Gasteiger partial charge on any atom is 0.315 e. The molecule has 2 amide bonds. The van der Waals surface area contributed by atoms with Gasteiger partial charge in [-0.2, -0.15) is 0 Å². The van der Waals surface area contributed by atoms with Crippen LogP contribution < -0.4 is 20.9 Å². The van der Waals surface area contributed by atoms with Crippen molar-refractivity contribution in [3.63, 3.8) is 0 Å². The summed E-state index contributed by atoms with van der Waals surface area (Å²) in [7, 11) is 1.59. The molecule has 3 rings (SSSR count). The summed E-state index contributed by atoms with van der Waals surface area (Å²) in [6, 6.07) is 7.35. The molecular formula is C18H23N3O3. The molecule has 0 aliphatic heterocycles. The van der Waals surface area contributed by atoms with Gasteiger partial charge in [0.1, 0.15) is 5.75 Å². The van der Waals surface area contributed by atoms with Crippen molar-refractivity contribution in [3.05, 3.63) is 40.2 Å². The lowest BCUT2D eigenvalue weighted by Gasteiger charge is -2.22. The fourth-order valence-electron chi connectivity index (χ4n) is 3.14. The summed E-state index contributed by atoms with van der Waals surface area (Å²) in [5.74, 6) is 0.691. The van der Waals surface area contributed by atoms with Crippen molar-refractivity contribution >= 4 is 16.9 Å². The van der Waals surface area contributed by atoms with Crippen LogP contribution >= 0.6 is 0 Å². The molecule has 0 atom stereocenters. The lowest BCUT2D eigenvalue weighted by molar-refractivity contribution is 0.232. The number of methoxy groups -OCH3 is 1. The second-order valence-corrected chi connectivity index (χ2v) is 6.24. The van der Waals surface area contributed by atoms with Crippen molar-refractivity contribution < 1.29 is 9.53 Å². The first-order valence-corrected chi connectivity index (χ1v) is 8.40. The first kappa shape index (κ1) is 16.4. The van der Waals surface area contributed by atoms with Crippen LogP contribution in [0.1, 0.15) is 37.7 Å². The number of ether oxygens (including phenoxy) is 1. The molecule has 6 nitrogen and oxygen atoms in total. The van der Waals surface area contributed by atoms with Gasteiger partial charge in [0, 0.05) is 24.2 Å². The highest BCUT2D eigenvalue weighted by Gasteiger charge is 2.15. The van der Waals surface area contributed by atoms with Gasteiger partial charge in [-0.15, -0.1) is 0 Å². The first-order valence-electron chi connectivity index (χ1n) is 8.40. The number of amides is 2. The van der Waals surface area contributed by atoms with E-state index in [4.69, 9.17) is 4.74 Å². The largest absolute Gasteiger partial charge is 0.497 e. The lowest BCUT2D eigenvalue weighted by Crippen LogP contribution is -2.43. The highest BCUT2D eigenvalue weighted by molar-refractivity contribution is 5.80. The number of aromatic nitrogens is 1. The van der Waals surface area contributed by atoms with Crippen LogP contribution in [0.3, 0.4) is 0 Å². The van der Waals surface area contributed by atoms with E-state index in [2.05, 4.69) is 15.6 Å². The molecule has 0 unspecified atom stereocenters. The molecule has 1 aliphatic rings. The zero-order valence-corrected chi connectivity index (χ0v) is 13.9. The molecule has 0 radical (unpaired) electrons. The number of fused-ring (bicyclic) bond motifs is 1. The second-order valence-electron chi connectivity index (χ2n) is 6.24. The summed E-state index contributed by atoms with van der Waals surface area (Å²) in [6.45, 7) is 0.204. The summed E-state index contributed by atoms with van der Waals surface area (Å²) in [5, 5.41) is 6.66. The van der Waals surface area contributed by atoms with Crippen molar-refractivity contribution in [3.8, 4) is 5.75 Å². The summed E-state index contributed by atoms with van der Waals surface area (Å²) < 4.78 is 5.16. The van der Waals surface area contributed by atoms with Crippen LogP contribution in [0.4, 0.5) is 4.79 Å². The minimum absolute atomic E-state index is 0.200. The van der Waals surface area contributed by atoms with E-state index in [1.807, 2.05) is 12.1 Å².